The molecule has 0 aliphatic heterocycles. The van der Waals surface area contributed by atoms with E-state index in [0.29, 0.717) is 6.04 Å². The van der Waals surface area contributed by atoms with Gasteiger partial charge in [0.1, 0.15) is 0 Å². The van der Waals surface area contributed by atoms with Gasteiger partial charge in [0.25, 0.3) is 0 Å². The SMILES string of the molecule is C/C(=C(\NC(C)C)c1ccccc1)c1ccccc1.CC. The summed E-state index contributed by atoms with van der Waals surface area (Å²) in [6, 6.07) is 21.4. The third kappa shape index (κ3) is 5.11. The summed E-state index contributed by atoms with van der Waals surface area (Å²) in [6.07, 6.45) is 0. The van der Waals surface area contributed by atoms with Crippen molar-refractivity contribution in [3.05, 3.63) is 71.8 Å². The van der Waals surface area contributed by atoms with Crippen LogP contribution in [-0.2, 0) is 0 Å². The fourth-order valence-corrected chi connectivity index (χ4v) is 2.13. The molecule has 0 aliphatic carbocycles. The molecule has 0 amide bonds. The van der Waals surface area contributed by atoms with Crippen molar-refractivity contribution in [1.29, 1.82) is 0 Å². The molecule has 0 saturated heterocycles. The van der Waals surface area contributed by atoms with Crippen molar-refractivity contribution < 1.29 is 0 Å². The maximum absolute atomic E-state index is 3.57. The molecule has 112 valence electrons. The van der Waals surface area contributed by atoms with E-state index in [0.717, 1.165) is 0 Å². The zero-order valence-electron chi connectivity index (χ0n) is 13.9. The van der Waals surface area contributed by atoms with Gasteiger partial charge >= 0.3 is 0 Å². The summed E-state index contributed by atoms with van der Waals surface area (Å²) in [7, 11) is 0. The summed E-state index contributed by atoms with van der Waals surface area (Å²) in [4.78, 5) is 0. The summed E-state index contributed by atoms with van der Waals surface area (Å²) in [5.74, 6) is 0. The van der Waals surface area contributed by atoms with Gasteiger partial charge in [-0.15, -0.1) is 0 Å². The molecule has 0 bridgehead atoms. The number of nitrogens with one attached hydrogen (secondary N) is 1. The predicted octanol–water partition coefficient (Wildman–Crippen LogP) is 5.60. The molecule has 0 fully saturated rings. The van der Waals surface area contributed by atoms with Crippen molar-refractivity contribution in [1.82, 2.24) is 5.32 Å². The molecule has 1 heteroatoms. The van der Waals surface area contributed by atoms with Crippen LogP contribution in [0.1, 0.15) is 45.7 Å². The fourth-order valence-electron chi connectivity index (χ4n) is 2.13. The van der Waals surface area contributed by atoms with Crippen LogP contribution in [-0.4, -0.2) is 6.04 Å². The van der Waals surface area contributed by atoms with Crippen LogP contribution in [0.5, 0.6) is 0 Å². The number of allylic oxidation sites excluding steroid dienone is 1. The molecule has 0 aliphatic rings. The lowest BCUT2D eigenvalue weighted by Gasteiger charge is -2.18. The lowest BCUT2D eigenvalue weighted by Crippen LogP contribution is -2.21. The van der Waals surface area contributed by atoms with E-state index < -0.39 is 0 Å². The molecule has 0 radical (unpaired) electrons. The first-order chi connectivity index (χ1) is 10.2. The van der Waals surface area contributed by atoms with Crippen molar-refractivity contribution in [3.8, 4) is 0 Å². The van der Waals surface area contributed by atoms with Crippen LogP contribution in [0.25, 0.3) is 11.3 Å². The predicted molar refractivity (Wildman–Crippen MR) is 95.0 cm³/mol. The Balaban J connectivity index is 0.00000106. The van der Waals surface area contributed by atoms with Gasteiger partial charge in [-0.1, -0.05) is 74.5 Å². The van der Waals surface area contributed by atoms with Crippen molar-refractivity contribution in [2.24, 2.45) is 0 Å². The molecule has 1 N–H and O–H groups in total. The number of benzene rings is 2. The monoisotopic (exact) mass is 281 g/mol. The van der Waals surface area contributed by atoms with Crippen molar-refractivity contribution in [2.75, 3.05) is 0 Å². The first kappa shape index (κ1) is 17.0. The van der Waals surface area contributed by atoms with Gasteiger partial charge < -0.3 is 5.32 Å². The summed E-state index contributed by atoms with van der Waals surface area (Å²) < 4.78 is 0. The van der Waals surface area contributed by atoms with Crippen LogP contribution in [0.2, 0.25) is 0 Å². The molecule has 0 spiro atoms. The average Bonchev–Trinajstić information content (AvgIpc) is 2.55. The summed E-state index contributed by atoms with van der Waals surface area (Å²) in [6.45, 7) is 10.5. The van der Waals surface area contributed by atoms with Gasteiger partial charge in [-0.3, -0.25) is 0 Å². The van der Waals surface area contributed by atoms with Crippen molar-refractivity contribution in [2.45, 2.75) is 40.7 Å². The van der Waals surface area contributed by atoms with E-state index >= 15 is 0 Å². The van der Waals surface area contributed by atoms with Gasteiger partial charge in [0, 0.05) is 11.7 Å². The first-order valence-corrected chi connectivity index (χ1v) is 7.76. The molecule has 0 saturated carbocycles. The van der Waals surface area contributed by atoms with E-state index in [4.69, 9.17) is 0 Å². The quantitative estimate of drug-likeness (QED) is 0.719. The third-order valence-corrected chi connectivity index (χ3v) is 3.08. The Kier molecular flexibility index (Phi) is 7.31. The van der Waals surface area contributed by atoms with Gasteiger partial charge in [0.05, 0.1) is 0 Å². The van der Waals surface area contributed by atoms with Crippen LogP contribution < -0.4 is 5.32 Å². The molecular weight excluding hydrogens is 254 g/mol. The van der Waals surface area contributed by atoms with E-state index in [1.807, 2.05) is 19.9 Å². The number of rotatable bonds is 4. The maximum Gasteiger partial charge on any atom is 0.0451 e. The average molecular weight is 281 g/mol. The van der Waals surface area contributed by atoms with Gasteiger partial charge in [-0.2, -0.15) is 0 Å². The standard InChI is InChI=1S/C18H21N.C2H6/c1-14(2)19-18(17-12-8-5-9-13-17)15(3)16-10-6-4-7-11-16;1-2/h4-14,19H,1-3H3;1-2H3/b18-15+;. The van der Waals surface area contributed by atoms with E-state index in [9.17, 15) is 0 Å². The third-order valence-electron chi connectivity index (χ3n) is 3.08. The Bertz CT molecular complexity index is 539. The second kappa shape index (κ2) is 9.02. The van der Waals surface area contributed by atoms with Gasteiger partial charge in [-0.05, 0) is 37.5 Å². The minimum Gasteiger partial charge on any atom is -0.382 e. The second-order valence-electron chi connectivity index (χ2n) is 5.03. The summed E-state index contributed by atoms with van der Waals surface area (Å²) in [5, 5.41) is 3.57. The molecule has 21 heavy (non-hydrogen) atoms. The molecular formula is C20H27N. The Morgan fingerprint density at radius 2 is 1.19 bits per heavy atom. The first-order valence-electron chi connectivity index (χ1n) is 7.76. The largest absolute Gasteiger partial charge is 0.382 e. The van der Waals surface area contributed by atoms with Crippen LogP contribution in [0.15, 0.2) is 60.7 Å². The van der Waals surface area contributed by atoms with E-state index in [1.165, 1.54) is 22.4 Å². The molecule has 2 rings (SSSR count). The van der Waals surface area contributed by atoms with E-state index in [2.05, 4.69) is 80.7 Å². The molecule has 0 unspecified atom stereocenters. The molecule has 0 aromatic heterocycles. The summed E-state index contributed by atoms with van der Waals surface area (Å²) in [5.41, 5.74) is 4.98. The fraction of sp³-hybridized carbons (Fsp3) is 0.300. The van der Waals surface area contributed by atoms with Gasteiger partial charge in [0.15, 0.2) is 0 Å². The molecule has 0 atom stereocenters. The van der Waals surface area contributed by atoms with Gasteiger partial charge in [0.2, 0.25) is 0 Å². The second-order valence-corrected chi connectivity index (χ2v) is 5.03. The van der Waals surface area contributed by atoms with Crippen LogP contribution in [0.4, 0.5) is 0 Å². The molecule has 0 heterocycles. The minimum absolute atomic E-state index is 0.411. The highest BCUT2D eigenvalue weighted by Crippen LogP contribution is 2.24. The number of hydrogen-bond donors (Lipinski definition) is 1. The number of hydrogen-bond acceptors (Lipinski definition) is 1. The Hall–Kier alpha value is -2.02. The lowest BCUT2D eigenvalue weighted by atomic mass is 10.0. The van der Waals surface area contributed by atoms with Crippen molar-refractivity contribution in [3.63, 3.8) is 0 Å². The lowest BCUT2D eigenvalue weighted by molar-refractivity contribution is 0.717. The molecule has 2 aromatic rings. The normalized spacial score (nSPS) is 11.3. The zero-order valence-corrected chi connectivity index (χ0v) is 13.9. The zero-order chi connectivity index (χ0) is 15.7. The Morgan fingerprint density at radius 3 is 1.62 bits per heavy atom. The minimum atomic E-state index is 0.411. The highest BCUT2D eigenvalue weighted by molar-refractivity contribution is 5.88. The van der Waals surface area contributed by atoms with Crippen LogP contribution in [0.3, 0.4) is 0 Å². The van der Waals surface area contributed by atoms with E-state index in [-0.39, 0.29) is 0 Å². The maximum atomic E-state index is 3.57. The summed E-state index contributed by atoms with van der Waals surface area (Å²) >= 11 is 0. The van der Waals surface area contributed by atoms with Crippen LogP contribution in [0, 0.1) is 0 Å². The Labute approximate surface area is 129 Å². The van der Waals surface area contributed by atoms with Crippen LogP contribution >= 0.6 is 0 Å². The topological polar surface area (TPSA) is 12.0 Å². The Morgan fingerprint density at radius 1 is 0.762 bits per heavy atom. The highest BCUT2D eigenvalue weighted by atomic mass is 14.9. The smallest absolute Gasteiger partial charge is 0.0451 e. The highest BCUT2D eigenvalue weighted by Gasteiger charge is 2.08. The molecule has 2 aromatic carbocycles. The van der Waals surface area contributed by atoms with Gasteiger partial charge in [-0.25, -0.2) is 0 Å². The molecule has 1 nitrogen and oxygen atoms in total. The van der Waals surface area contributed by atoms with Crippen molar-refractivity contribution >= 4 is 11.3 Å². The van der Waals surface area contributed by atoms with E-state index in [1.54, 1.807) is 0 Å².